The molecule has 76 valence electrons. The second-order valence-corrected chi connectivity index (χ2v) is 2.89. The minimum Gasteiger partial charge on any atom is -0.481 e. The number of carbonyl (C=O) groups excluding carboxylic acids is 1. The fraction of sp³-hybridized carbons (Fsp3) is 0.750. The second-order valence-electron chi connectivity index (χ2n) is 2.89. The number of nitrogens with one attached hydrogen (secondary N) is 1. The number of ether oxygens (including phenoxy) is 1. The van der Waals surface area contributed by atoms with Crippen LogP contribution in [-0.2, 0) is 14.3 Å². The zero-order valence-corrected chi connectivity index (χ0v) is 8.03. The standard InChI is InChI=1S/C8H15NO4/c1-5(4-7(10)11)9-8(12)6(2)13-3/h5-6H,4H2,1-3H3,(H,9,12)(H,10,11). The molecule has 0 rings (SSSR count). The lowest BCUT2D eigenvalue weighted by Crippen LogP contribution is -2.40. The molecule has 0 saturated carbocycles. The Morgan fingerprint density at radius 1 is 1.46 bits per heavy atom. The summed E-state index contributed by atoms with van der Waals surface area (Å²) < 4.78 is 4.76. The molecule has 13 heavy (non-hydrogen) atoms. The van der Waals surface area contributed by atoms with Crippen LogP contribution in [0.3, 0.4) is 0 Å². The minimum absolute atomic E-state index is 0.0812. The van der Waals surface area contributed by atoms with Gasteiger partial charge < -0.3 is 15.2 Å². The Hall–Kier alpha value is -1.10. The molecule has 1 amide bonds. The summed E-state index contributed by atoms with van der Waals surface area (Å²) in [4.78, 5) is 21.4. The van der Waals surface area contributed by atoms with Gasteiger partial charge in [0.25, 0.3) is 0 Å². The number of rotatable bonds is 5. The van der Waals surface area contributed by atoms with Gasteiger partial charge >= 0.3 is 5.97 Å². The summed E-state index contributed by atoms with van der Waals surface area (Å²) in [6.07, 6.45) is -0.626. The molecule has 0 aromatic heterocycles. The van der Waals surface area contributed by atoms with E-state index in [0.29, 0.717) is 0 Å². The van der Waals surface area contributed by atoms with Crippen LogP contribution in [0.25, 0.3) is 0 Å². The Kier molecular flexibility index (Phi) is 5.06. The quantitative estimate of drug-likeness (QED) is 0.638. The van der Waals surface area contributed by atoms with Gasteiger partial charge in [0.2, 0.25) is 5.91 Å². The van der Waals surface area contributed by atoms with Crippen LogP contribution in [0.5, 0.6) is 0 Å². The van der Waals surface area contributed by atoms with Crippen LogP contribution < -0.4 is 5.32 Å². The van der Waals surface area contributed by atoms with Crippen molar-refractivity contribution >= 4 is 11.9 Å². The molecule has 2 N–H and O–H groups in total. The summed E-state index contributed by atoms with van der Waals surface area (Å²) >= 11 is 0. The van der Waals surface area contributed by atoms with Crippen LogP contribution >= 0.6 is 0 Å². The third-order valence-electron chi connectivity index (χ3n) is 1.59. The topological polar surface area (TPSA) is 75.6 Å². The van der Waals surface area contributed by atoms with Crippen molar-refractivity contribution in [1.82, 2.24) is 5.32 Å². The minimum atomic E-state index is -0.933. The van der Waals surface area contributed by atoms with E-state index in [1.807, 2.05) is 0 Å². The molecule has 0 aliphatic rings. The van der Waals surface area contributed by atoms with Crippen molar-refractivity contribution in [3.63, 3.8) is 0 Å². The number of carbonyl (C=O) groups is 2. The van der Waals surface area contributed by atoms with E-state index in [1.54, 1.807) is 13.8 Å². The number of hydrogen-bond donors (Lipinski definition) is 2. The third-order valence-corrected chi connectivity index (χ3v) is 1.59. The van der Waals surface area contributed by atoms with Gasteiger partial charge in [0.05, 0.1) is 6.42 Å². The van der Waals surface area contributed by atoms with Crippen LogP contribution in [0, 0.1) is 0 Å². The number of amides is 1. The fourth-order valence-corrected chi connectivity index (χ4v) is 0.780. The Balaban J connectivity index is 3.84. The number of methoxy groups -OCH3 is 1. The maximum atomic E-state index is 11.1. The first kappa shape index (κ1) is 11.9. The van der Waals surface area contributed by atoms with Gasteiger partial charge in [-0.3, -0.25) is 9.59 Å². The first-order chi connectivity index (χ1) is 5.97. The molecule has 0 spiro atoms. The first-order valence-electron chi connectivity index (χ1n) is 4.02. The number of hydrogen-bond acceptors (Lipinski definition) is 3. The van der Waals surface area contributed by atoms with Gasteiger partial charge in [0.1, 0.15) is 6.10 Å². The maximum Gasteiger partial charge on any atom is 0.305 e. The molecule has 2 atom stereocenters. The van der Waals surface area contributed by atoms with E-state index in [4.69, 9.17) is 9.84 Å². The maximum absolute atomic E-state index is 11.1. The molecular formula is C8H15NO4. The van der Waals surface area contributed by atoms with Gasteiger partial charge in [-0.05, 0) is 13.8 Å². The third kappa shape index (κ3) is 5.19. The van der Waals surface area contributed by atoms with Gasteiger partial charge in [0.15, 0.2) is 0 Å². The Morgan fingerprint density at radius 2 is 2.00 bits per heavy atom. The predicted octanol–water partition coefficient (Wildman–Crippen LogP) is 0.000700. The molecule has 2 unspecified atom stereocenters. The molecule has 0 aliphatic heterocycles. The van der Waals surface area contributed by atoms with Crippen molar-refractivity contribution in [3.8, 4) is 0 Å². The summed E-state index contributed by atoms with van der Waals surface area (Å²) in [5, 5.41) is 10.9. The molecular weight excluding hydrogens is 174 g/mol. The predicted molar refractivity (Wildman–Crippen MR) is 46.3 cm³/mol. The molecule has 0 aromatic rings. The van der Waals surface area contributed by atoms with Crippen molar-refractivity contribution in [2.24, 2.45) is 0 Å². The van der Waals surface area contributed by atoms with E-state index < -0.39 is 12.1 Å². The zero-order chi connectivity index (χ0) is 10.4. The van der Waals surface area contributed by atoms with E-state index in [0.717, 1.165) is 0 Å². The smallest absolute Gasteiger partial charge is 0.305 e. The zero-order valence-electron chi connectivity index (χ0n) is 8.03. The molecule has 0 aromatic carbocycles. The summed E-state index contributed by atoms with van der Waals surface area (Å²) in [6.45, 7) is 3.23. The summed E-state index contributed by atoms with van der Waals surface area (Å²) in [5.41, 5.74) is 0. The highest BCUT2D eigenvalue weighted by Crippen LogP contribution is 1.93. The number of carboxylic acid groups (broad SMARTS) is 1. The molecule has 0 fully saturated rings. The van der Waals surface area contributed by atoms with E-state index in [2.05, 4.69) is 5.32 Å². The highest BCUT2D eigenvalue weighted by molar-refractivity contribution is 5.81. The molecule has 0 aliphatic carbocycles. The Labute approximate surface area is 77.1 Å². The SMILES string of the molecule is COC(C)C(=O)NC(C)CC(=O)O. The van der Waals surface area contributed by atoms with E-state index in [9.17, 15) is 9.59 Å². The first-order valence-corrected chi connectivity index (χ1v) is 4.02. The van der Waals surface area contributed by atoms with Gasteiger partial charge in [-0.15, -0.1) is 0 Å². The largest absolute Gasteiger partial charge is 0.481 e. The lowest BCUT2D eigenvalue weighted by Gasteiger charge is -2.14. The average Bonchev–Trinajstić information content (AvgIpc) is 2.01. The monoisotopic (exact) mass is 189 g/mol. The summed E-state index contributed by atoms with van der Waals surface area (Å²) in [7, 11) is 1.42. The van der Waals surface area contributed by atoms with Crippen molar-refractivity contribution in [3.05, 3.63) is 0 Å². The van der Waals surface area contributed by atoms with Gasteiger partial charge in [-0.2, -0.15) is 0 Å². The molecule has 5 heteroatoms. The van der Waals surface area contributed by atoms with Crippen LogP contribution in [0.1, 0.15) is 20.3 Å². The summed E-state index contributed by atoms with van der Waals surface area (Å²) in [6, 6.07) is -0.373. The summed E-state index contributed by atoms with van der Waals surface area (Å²) in [5.74, 6) is -1.23. The molecule has 5 nitrogen and oxygen atoms in total. The van der Waals surface area contributed by atoms with Crippen LogP contribution in [0.2, 0.25) is 0 Å². The van der Waals surface area contributed by atoms with Crippen molar-refractivity contribution < 1.29 is 19.4 Å². The molecule has 0 bridgehead atoms. The van der Waals surface area contributed by atoms with E-state index in [1.165, 1.54) is 7.11 Å². The van der Waals surface area contributed by atoms with Crippen LogP contribution in [0.15, 0.2) is 0 Å². The average molecular weight is 189 g/mol. The van der Waals surface area contributed by atoms with Crippen LogP contribution in [-0.4, -0.2) is 36.2 Å². The normalized spacial score (nSPS) is 14.7. The fourth-order valence-electron chi connectivity index (χ4n) is 0.780. The van der Waals surface area contributed by atoms with Gasteiger partial charge in [0, 0.05) is 13.2 Å². The second kappa shape index (κ2) is 5.53. The van der Waals surface area contributed by atoms with Crippen molar-refractivity contribution in [2.75, 3.05) is 7.11 Å². The van der Waals surface area contributed by atoms with E-state index >= 15 is 0 Å². The highest BCUT2D eigenvalue weighted by Gasteiger charge is 2.15. The molecule has 0 heterocycles. The lowest BCUT2D eigenvalue weighted by molar-refractivity contribution is -0.138. The van der Waals surface area contributed by atoms with E-state index in [-0.39, 0.29) is 18.4 Å². The van der Waals surface area contributed by atoms with Crippen molar-refractivity contribution in [1.29, 1.82) is 0 Å². The Morgan fingerprint density at radius 3 is 2.38 bits per heavy atom. The molecule has 0 saturated heterocycles. The highest BCUT2D eigenvalue weighted by atomic mass is 16.5. The number of carboxylic acids is 1. The van der Waals surface area contributed by atoms with Gasteiger partial charge in [-0.25, -0.2) is 0 Å². The number of aliphatic carboxylic acids is 1. The lowest BCUT2D eigenvalue weighted by atomic mass is 10.2. The van der Waals surface area contributed by atoms with Crippen LogP contribution in [0.4, 0.5) is 0 Å². The molecule has 0 radical (unpaired) electrons. The van der Waals surface area contributed by atoms with Gasteiger partial charge in [-0.1, -0.05) is 0 Å². The van der Waals surface area contributed by atoms with Crippen molar-refractivity contribution in [2.45, 2.75) is 32.4 Å². The Bertz CT molecular complexity index is 193.